The topological polar surface area (TPSA) is 200 Å². The van der Waals surface area contributed by atoms with Gasteiger partial charge in [-0.3, -0.25) is 24.0 Å². The Bertz CT molecular complexity index is 660. The third-order valence-electron chi connectivity index (χ3n) is 3.77. The number of aldehydes is 2. The second kappa shape index (κ2) is 15.5. The highest BCUT2D eigenvalue weighted by atomic mass is 16.6. The average molecular weight is 461 g/mol. The Labute approximate surface area is 183 Å². The van der Waals surface area contributed by atoms with E-state index < -0.39 is 74.1 Å². The minimum atomic E-state index is -1.83. The molecule has 1 atom stereocenters. The summed E-state index contributed by atoms with van der Waals surface area (Å²) in [6, 6.07) is 0. The summed E-state index contributed by atoms with van der Waals surface area (Å²) in [5.41, 5.74) is -1.83. The van der Waals surface area contributed by atoms with Crippen LogP contribution in [0.4, 0.5) is 0 Å². The Morgan fingerprint density at radius 2 is 1.22 bits per heavy atom. The monoisotopic (exact) mass is 461 g/mol. The van der Waals surface area contributed by atoms with Gasteiger partial charge in [0.25, 0.3) is 0 Å². The van der Waals surface area contributed by atoms with E-state index in [1.54, 1.807) is 0 Å². The zero-order valence-corrected chi connectivity index (χ0v) is 17.6. The van der Waals surface area contributed by atoms with Crippen LogP contribution in [-0.2, 0) is 47.8 Å². The second-order valence-electron chi connectivity index (χ2n) is 6.73. The van der Waals surface area contributed by atoms with Gasteiger partial charge in [-0.05, 0) is 6.92 Å². The molecular formula is C19H27NO12. The SMILES string of the molecule is CC(O)C(=O)NC(COC(=O)CCC=O)(COC(=O)CCC=O)COC(=O)CCC(=O)O. The minimum absolute atomic E-state index is 0.128. The lowest BCUT2D eigenvalue weighted by Gasteiger charge is -2.33. The number of aliphatic hydroxyl groups excluding tert-OH is 1. The van der Waals surface area contributed by atoms with Gasteiger partial charge in [-0.25, -0.2) is 0 Å². The molecule has 0 rings (SSSR count). The molecule has 0 bridgehead atoms. The number of carboxylic acids is 1. The van der Waals surface area contributed by atoms with Crippen LogP contribution in [0, 0.1) is 0 Å². The fraction of sp³-hybridized carbons (Fsp3) is 0.632. The molecule has 180 valence electrons. The highest BCUT2D eigenvalue weighted by Gasteiger charge is 2.38. The Balaban J connectivity index is 5.54. The molecule has 0 aromatic rings. The summed E-state index contributed by atoms with van der Waals surface area (Å²) in [5.74, 6) is -4.85. The molecule has 32 heavy (non-hydrogen) atoms. The van der Waals surface area contributed by atoms with E-state index in [1.165, 1.54) is 0 Å². The fourth-order valence-electron chi connectivity index (χ4n) is 2.03. The predicted molar refractivity (Wildman–Crippen MR) is 103 cm³/mol. The van der Waals surface area contributed by atoms with Crippen molar-refractivity contribution in [2.45, 2.75) is 57.1 Å². The van der Waals surface area contributed by atoms with Crippen LogP contribution < -0.4 is 5.32 Å². The number of hydrogen-bond acceptors (Lipinski definition) is 11. The number of aliphatic carboxylic acids is 1. The number of aliphatic hydroxyl groups is 1. The van der Waals surface area contributed by atoms with Crippen molar-refractivity contribution >= 4 is 42.4 Å². The molecule has 13 nitrogen and oxygen atoms in total. The average Bonchev–Trinajstić information content (AvgIpc) is 2.75. The summed E-state index contributed by atoms with van der Waals surface area (Å²) >= 11 is 0. The summed E-state index contributed by atoms with van der Waals surface area (Å²) in [6.07, 6.45) is -2.38. The minimum Gasteiger partial charge on any atom is -0.481 e. The fourth-order valence-corrected chi connectivity index (χ4v) is 2.03. The molecule has 0 aliphatic heterocycles. The molecule has 1 unspecified atom stereocenters. The molecule has 0 spiro atoms. The van der Waals surface area contributed by atoms with E-state index in [-0.39, 0.29) is 25.7 Å². The normalized spacial score (nSPS) is 11.6. The number of rotatable bonds is 17. The van der Waals surface area contributed by atoms with Crippen LogP contribution in [0.5, 0.6) is 0 Å². The lowest BCUT2D eigenvalue weighted by Crippen LogP contribution is -2.60. The molecule has 0 aliphatic rings. The van der Waals surface area contributed by atoms with Gasteiger partial charge >= 0.3 is 23.9 Å². The molecule has 0 saturated carbocycles. The summed E-state index contributed by atoms with van der Waals surface area (Å²) in [4.78, 5) is 78.9. The van der Waals surface area contributed by atoms with E-state index in [4.69, 9.17) is 19.3 Å². The van der Waals surface area contributed by atoms with Gasteiger partial charge in [0.05, 0.1) is 25.7 Å². The van der Waals surface area contributed by atoms with Gasteiger partial charge in [-0.15, -0.1) is 0 Å². The number of amides is 1. The first-order valence-corrected chi connectivity index (χ1v) is 9.61. The quantitative estimate of drug-likeness (QED) is 0.131. The Hall–Kier alpha value is -3.35. The van der Waals surface area contributed by atoms with E-state index in [0.717, 1.165) is 6.92 Å². The van der Waals surface area contributed by atoms with Crippen LogP contribution in [0.3, 0.4) is 0 Å². The third kappa shape index (κ3) is 13.1. The van der Waals surface area contributed by atoms with Crippen molar-refractivity contribution in [1.29, 1.82) is 0 Å². The van der Waals surface area contributed by atoms with Gasteiger partial charge in [0.1, 0.15) is 44.0 Å². The molecule has 0 aromatic heterocycles. The van der Waals surface area contributed by atoms with Gasteiger partial charge in [-0.2, -0.15) is 0 Å². The van der Waals surface area contributed by atoms with Crippen LogP contribution in [0.15, 0.2) is 0 Å². The highest BCUT2D eigenvalue weighted by molar-refractivity contribution is 5.81. The van der Waals surface area contributed by atoms with Crippen LogP contribution in [0.1, 0.15) is 45.4 Å². The van der Waals surface area contributed by atoms with Crippen molar-refractivity contribution in [1.82, 2.24) is 5.32 Å². The molecule has 0 aliphatic carbocycles. The standard InChI is InChI=1S/C19H27NO12/c1-13(23)18(29)20-19(10-30-15(26)4-2-8-21,11-31-16(27)5-3-9-22)12-32-17(28)7-6-14(24)25/h8-9,13,23H,2-7,10-12H2,1H3,(H,20,29)(H,24,25). The summed E-state index contributed by atoms with van der Waals surface area (Å²) in [6.45, 7) is -0.913. The van der Waals surface area contributed by atoms with Crippen LogP contribution in [0.2, 0.25) is 0 Å². The second-order valence-corrected chi connectivity index (χ2v) is 6.73. The van der Waals surface area contributed by atoms with Crippen molar-refractivity contribution < 1.29 is 58.0 Å². The highest BCUT2D eigenvalue weighted by Crippen LogP contribution is 2.12. The lowest BCUT2D eigenvalue weighted by molar-refractivity contribution is -0.161. The maximum Gasteiger partial charge on any atom is 0.306 e. The first-order chi connectivity index (χ1) is 15.0. The summed E-state index contributed by atoms with van der Waals surface area (Å²) in [7, 11) is 0. The van der Waals surface area contributed by atoms with E-state index in [0.29, 0.717) is 12.6 Å². The lowest BCUT2D eigenvalue weighted by atomic mass is 10.0. The zero-order valence-electron chi connectivity index (χ0n) is 17.6. The van der Waals surface area contributed by atoms with Crippen LogP contribution >= 0.6 is 0 Å². The number of ether oxygens (including phenoxy) is 3. The molecule has 0 heterocycles. The smallest absolute Gasteiger partial charge is 0.306 e. The third-order valence-corrected chi connectivity index (χ3v) is 3.77. The Kier molecular flexibility index (Phi) is 13.8. The van der Waals surface area contributed by atoms with E-state index in [9.17, 15) is 38.7 Å². The molecule has 0 saturated heterocycles. The Morgan fingerprint density at radius 1 is 0.812 bits per heavy atom. The molecule has 3 N–H and O–H groups in total. The Morgan fingerprint density at radius 3 is 1.56 bits per heavy atom. The number of esters is 3. The summed E-state index contributed by atoms with van der Waals surface area (Å²) < 4.78 is 15.0. The summed E-state index contributed by atoms with van der Waals surface area (Å²) in [5, 5.41) is 20.5. The van der Waals surface area contributed by atoms with Crippen molar-refractivity contribution in [3.05, 3.63) is 0 Å². The van der Waals surface area contributed by atoms with Crippen LogP contribution in [0.25, 0.3) is 0 Å². The van der Waals surface area contributed by atoms with Crippen molar-refractivity contribution in [2.24, 2.45) is 0 Å². The van der Waals surface area contributed by atoms with E-state index >= 15 is 0 Å². The number of hydrogen-bond donors (Lipinski definition) is 3. The molecule has 0 radical (unpaired) electrons. The number of nitrogens with one attached hydrogen (secondary N) is 1. The van der Waals surface area contributed by atoms with E-state index in [2.05, 4.69) is 5.32 Å². The molecule has 1 amide bonds. The van der Waals surface area contributed by atoms with Crippen molar-refractivity contribution in [2.75, 3.05) is 19.8 Å². The largest absolute Gasteiger partial charge is 0.481 e. The van der Waals surface area contributed by atoms with Gasteiger partial charge in [0.2, 0.25) is 5.91 Å². The first kappa shape index (κ1) is 28.6. The first-order valence-electron chi connectivity index (χ1n) is 9.61. The van der Waals surface area contributed by atoms with Gasteiger partial charge in [0, 0.05) is 12.8 Å². The number of carbonyl (C=O) groups is 7. The molecule has 0 aromatic carbocycles. The molecule has 13 heteroatoms. The zero-order chi connectivity index (χ0) is 24.6. The number of carbonyl (C=O) groups excluding carboxylic acids is 6. The predicted octanol–water partition coefficient (Wildman–Crippen LogP) is -1.33. The van der Waals surface area contributed by atoms with Gasteiger partial charge < -0.3 is 39.3 Å². The van der Waals surface area contributed by atoms with Crippen molar-refractivity contribution in [3.8, 4) is 0 Å². The maximum atomic E-state index is 12.1. The molecule has 0 fully saturated rings. The van der Waals surface area contributed by atoms with E-state index in [1.807, 2.05) is 0 Å². The van der Waals surface area contributed by atoms with Gasteiger partial charge in [0.15, 0.2) is 0 Å². The van der Waals surface area contributed by atoms with Gasteiger partial charge in [-0.1, -0.05) is 0 Å². The molecular weight excluding hydrogens is 434 g/mol. The number of carboxylic acid groups (broad SMARTS) is 1. The van der Waals surface area contributed by atoms with Crippen molar-refractivity contribution in [3.63, 3.8) is 0 Å². The maximum absolute atomic E-state index is 12.1. The van der Waals surface area contributed by atoms with Crippen LogP contribution in [-0.4, -0.2) is 84.0 Å².